The van der Waals surface area contributed by atoms with Crippen LogP contribution in [0.5, 0.6) is 0 Å². The largest absolute Gasteiger partial charge is 0.411 e. The lowest BCUT2D eigenvalue weighted by Gasteiger charge is -2.10. The minimum absolute atomic E-state index is 0.445. The zero-order chi connectivity index (χ0) is 19.3. The predicted molar refractivity (Wildman–Crippen MR) is 83.7 cm³/mol. The van der Waals surface area contributed by atoms with Gasteiger partial charge in [0.1, 0.15) is 0 Å². The topological polar surface area (TPSA) is 130 Å². The van der Waals surface area contributed by atoms with Gasteiger partial charge in [-0.1, -0.05) is 0 Å². The molecule has 0 spiro atoms. The summed E-state index contributed by atoms with van der Waals surface area (Å²) in [5.74, 6) is -4.17. The van der Waals surface area contributed by atoms with Crippen LogP contribution in [0, 0.1) is 0 Å². The van der Waals surface area contributed by atoms with Gasteiger partial charge in [-0.25, -0.2) is 28.8 Å². The van der Waals surface area contributed by atoms with Crippen LogP contribution in [-0.2, 0) is 14.2 Å². The van der Waals surface area contributed by atoms with Gasteiger partial charge in [0.15, 0.2) is 0 Å². The first kappa shape index (κ1) is 20.9. The van der Waals surface area contributed by atoms with Crippen molar-refractivity contribution in [1.82, 2.24) is 0 Å². The number of rotatable bonds is 3. The summed E-state index contributed by atoms with van der Waals surface area (Å²) in [4.78, 5) is 66.8. The van der Waals surface area contributed by atoms with Crippen molar-refractivity contribution >= 4 is 81.6 Å². The molecule has 0 saturated carbocycles. The van der Waals surface area contributed by atoms with Crippen LogP contribution in [-0.4, -0.2) is 34.2 Å². The number of carbonyl (C=O) groups is 6. The van der Waals surface area contributed by atoms with Crippen molar-refractivity contribution in [3.63, 3.8) is 0 Å². The van der Waals surface area contributed by atoms with Gasteiger partial charge in [-0.3, -0.25) is 0 Å². The first-order valence-corrected chi connectivity index (χ1v) is 7.23. The molecule has 1 aromatic rings. The lowest BCUT2D eigenvalue weighted by atomic mass is 10.1. The molecule has 0 N–H and O–H groups in total. The number of hydrogen-bond acceptors (Lipinski definition) is 10. The molecule has 0 radical (unpaired) electrons. The second-order valence-electron chi connectivity index (χ2n) is 3.80. The molecule has 1 rings (SSSR count). The molecule has 0 aliphatic carbocycles. The normalized spacial score (nSPS) is 9.76. The number of thiol groups is 1. The quantitative estimate of drug-likeness (QED) is 0.252. The maximum absolute atomic E-state index is 11.8. The van der Waals surface area contributed by atoms with Crippen LogP contribution in [0.15, 0.2) is 17.0 Å². The maximum Gasteiger partial charge on any atom is 0.411 e. The second-order valence-corrected chi connectivity index (χ2v) is 5.17. The first-order chi connectivity index (χ1) is 11.5. The van der Waals surface area contributed by atoms with Crippen molar-refractivity contribution in [3.05, 3.63) is 28.8 Å². The fourth-order valence-electron chi connectivity index (χ4n) is 1.45. The Morgan fingerprint density at radius 1 is 0.680 bits per heavy atom. The molecule has 13 heteroatoms. The fourth-order valence-corrected chi connectivity index (χ4v) is 1.97. The van der Waals surface area contributed by atoms with Gasteiger partial charge >= 0.3 is 34.2 Å². The number of halogens is 3. The Hall–Kier alpha value is -2.14. The summed E-state index contributed by atoms with van der Waals surface area (Å²) < 4.78 is 12.3. The molecule has 0 heterocycles. The Morgan fingerprint density at radius 2 is 1.00 bits per heavy atom. The third kappa shape index (κ3) is 6.02. The van der Waals surface area contributed by atoms with Gasteiger partial charge in [-0.05, 0) is 12.1 Å². The van der Waals surface area contributed by atoms with E-state index >= 15 is 0 Å². The van der Waals surface area contributed by atoms with Crippen molar-refractivity contribution in [2.24, 2.45) is 0 Å². The Labute approximate surface area is 158 Å². The number of esters is 3. The Morgan fingerprint density at radius 3 is 1.32 bits per heavy atom. The molecule has 0 atom stereocenters. The fraction of sp³-hybridized carbons (Fsp3) is 0. The summed E-state index contributed by atoms with van der Waals surface area (Å²) in [6.45, 7) is 0. The third-order valence-corrected chi connectivity index (χ3v) is 3.02. The summed E-state index contributed by atoms with van der Waals surface area (Å²) in [5.41, 5.74) is -6.30. The summed E-state index contributed by atoms with van der Waals surface area (Å²) in [5, 5.41) is 0. The van der Waals surface area contributed by atoms with Crippen molar-refractivity contribution < 1.29 is 43.0 Å². The second kappa shape index (κ2) is 8.81. The minimum atomic E-state index is -1.51. The lowest BCUT2D eigenvalue weighted by Crippen LogP contribution is -2.16. The Kier molecular flexibility index (Phi) is 7.37. The number of benzene rings is 1. The molecule has 0 aromatic heterocycles. The van der Waals surface area contributed by atoms with Crippen molar-refractivity contribution in [3.8, 4) is 0 Å². The van der Waals surface area contributed by atoms with Crippen LogP contribution in [0.3, 0.4) is 0 Å². The van der Waals surface area contributed by atoms with Crippen LogP contribution in [0.4, 0.5) is 14.4 Å². The molecule has 0 amide bonds. The summed E-state index contributed by atoms with van der Waals surface area (Å²) in [6.07, 6.45) is 0. The van der Waals surface area contributed by atoms with Gasteiger partial charge in [0.25, 0.3) is 0 Å². The van der Waals surface area contributed by atoms with Crippen LogP contribution in [0.25, 0.3) is 0 Å². The van der Waals surface area contributed by atoms with Gasteiger partial charge < -0.3 is 14.2 Å². The van der Waals surface area contributed by atoms with E-state index in [2.05, 4.69) is 26.8 Å². The van der Waals surface area contributed by atoms with E-state index in [0.717, 1.165) is 12.1 Å². The smallest absolute Gasteiger partial charge is 0.377 e. The van der Waals surface area contributed by atoms with Crippen LogP contribution in [0.1, 0.15) is 31.1 Å². The zero-order valence-corrected chi connectivity index (χ0v) is 14.6. The number of ether oxygens (including phenoxy) is 3. The van der Waals surface area contributed by atoms with E-state index in [-0.39, 0.29) is 0 Å². The van der Waals surface area contributed by atoms with E-state index in [4.69, 9.17) is 34.8 Å². The molecular formula is C12H3Cl3O9S. The Bertz CT molecular complexity index is 756. The predicted octanol–water partition coefficient (Wildman–Crippen LogP) is 3.52. The van der Waals surface area contributed by atoms with Gasteiger partial charge in [-0.15, -0.1) is 12.6 Å². The first-order valence-electron chi connectivity index (χ1n) is 5.64. The molecule has 1 aromatic carbocycles. The molecule has 25 heavy (non-hydrogen) atoms. The van der Waals surface area contributed by atoms with E-state index in [1.807, 2.05) is 0 Å². The monoisotopic (exact) mass is 428 g/mol. The molecule has 0 aliphatic heterocycles. The van der Waals surface area contributed by atoms with Gasteiger partial charge in [0, 0.05) is 39.7 Å². The molecule has 0 bridgehead atoms. The lowest BCUT2D eigenvalue weighted by molar-refractivity contribution is 0.0655. The SMILES string of the molecule is O=C(Cl)OC(=O)c1cc(C(=O)OC(=O)Cl)c(S)c(C(=O)OC(=O)Cl)c1. The van der Waals surface area contributed by atoms with E-state index in [0.29, 0.717) is 0 Å². The van der Waals surface area contributed by atoms with Crippen molar-refractivity contribution in [2.45, 2.75) is 4.90 Å². The molecule has 132 valence electrons. The minimum Gasteiger partial charge on any atom is -0.377 e. The molecule has 0 saturated heterocycles. The molecular weight excluding hydrogens is 427 g/mol. The van der Waals surface area contributed by atoms with E-state index in [1.165, 1.54) is 0 Å². The van der Waals surface area contributed by atoms with Crippen LogP contribution < -0.4 is 0 Å². The van der Waals surface area contributed by atoms with E-state index < -0.39 is 55.8 Å². The molecule has 0 unspecified atom stereocenters. The number of carbonyl (C=O) groups excluding carboxylic acids is 6. The molecule has 0 fully saturated rings. The van der Waals surface area contributed by atoms with Crippen molar-refractivity contribution in [2.75, 3.05) is 0 Å². The van der Waals surface area contributed by atoms with E-state index in [9.17, 15) is 28.8 Å². The van der Waals surface area contributed by atoms with Gasteiger partial charge in [0.05, 0.1) is 16.7 Å². The highest BCUT2D eigenvalue weighted by atomic mass is 35.5. The summed E-state index contributed by atoms with van der Waals surface area (Å²) in [6, 6.07) is 1.54. The van der Waals surface area contributed by atoms with Gasteiger partial charge in [-0.2, -0.15) is 0 Å². The summed E-state index contributed by atoms with van der Waals surface area (Å²) in [7, 11) is 0. The third-order valence-electron chi connectivity index (χ3n) is 2.30. The standard InChI is InChI=1S/C12H3Cl3O9S/c13-10(19)22-7(16)3-1-4(8(17)23-11(14)20)6(25)5(2-3)9(18)24-12(15)21/h1-2,25H. The highest BCUT2D eigenvalue weighted by Gasteiger charge is 2.26. The Balaban J connectivity index is 3.49. The summed E-state index contributed by atoms with van der Waals surface area (Å²) >= 11 is 18.6. The average molecular weight is 430 g/mol. The zero-order valence-electron chi connectivity index (χ0n) is 11.4. The molecule has 0 aliphatic rings. The number of hydrogen-bond donors (Lipinski definition) is 1. The van der Waals surface area contributed by atoms with Crippen molar-refractivity contribution in [1.29, 1.82) is 0 Å². The van der Waals surface area contributed by atoms with Crippen LogP contribution in [0.2, 0.25) is 0 Å². The highest BCUT2D eigenvalue weighted by molar-refractivity contribution is 7.80. The van der Waals surface area contributed by atoms with Gasteiger partial charge in [0.2, 0.25) is 0 Å². The highest BCUT2D eigenvalue weighted by Crippen LogP contribution is 2.25. The average Bonchev–Trinajstić information content (AvgIpc) is 2.44. The van der Waals surface area contributed by atoms with E-state index in [1.54, 1.807) is 0 Å². The maximum atomic E-state index is 11.8. The van der Waals surface area contributed by atoms with Crippen LogP contribution >= 0.6 is 47.4 Å². The molecule has 9 nitrogen and oxygen atoms in total.